The van der Waals surface area contributed by atoms with E-state index in [0.29, 0.717) is 4.75 Å². The van der Waals surface area contributed by atoms with Crippen LogP contribution >= 0.6 is 23.5 Å². The summed E-state index contributed by atoms with van der Waals surface area (Å²) in [5.74, 6) is -0.722. The molecule has 0 unspecified atom stereocenters. The van der Waals surface area contributed by atoms with Crippen molar-refractivity contribution >= 4 is 29.5 Å². The second kappa shape index (κ2) is 6.22. The highest BCUT2D eigenvalue weighted by atomic mass is 32.2. The molecule has 1 aliphatic rings. The zero-order valence-corrected chi connectivity index (χ0v) is 13.0. The Morgan fingerprint density at radius 1 is 1.53 bits per heavy atom. The molecule has 1 aromatic rings. The highest BCUT2D eigenvalue weighted by molar-refractivity contribution is 8.00. The fraction of sp³-hybridized carbons (Fsp3) is 0.692. The Labute approximate surface area is 122 Å². The van der Waals surface area contributed by atoms with Crippen LogP contribution in [0, 0.1) is 6.92 Å². The maximum Gasteiger partial charge on any atom is 0.313 e. The van der Waals surface area contributed by atoms with E-state index in [-0.39, 0.29) is 5.75 Å². The molecule has 0 saturated heterocycles. The molecule has 0 bridgehead atoms. The van der Waals surface area contributed by atoms with Crippen LogP contribution in [-0.4, -0.2) is 37.4 Å². The van der Waals surface area contributed by atoms with Gasteiger partial charge in [0.15, 0.2) is 5.16 Å². The van der Waals surface area contributed by atoms with Gasteiger partial charge in [-0.05, 0) is 26.0 Å². The van der Waals surface area contributed by atoms with Gasteiger partial charge in [0.2, 0.25) is 0 Å². The van der Waals surface area contributed by atoms with Gasteiger partial charge in [-0.2, -0.15) is 11.8 Å². The number of thioether (sulfide) groups is 2. The molecule has 106 valence electrons. The number of aryl methyl sites for hydroxylation is 1. The van der Waals surface area contributed by atoms with Crippen LogP contribution in [0.3, 0.4) is 0 Å². The Morgan fingerprint density at radius 3 is 2.79 bits per heavy atom. The average molecular weight is 300 g/mol. The van der Waals surface area contributed by atoms with E-state index in [2.05, 4.69) is 15.8 Å². The minimum absolute atomic E-state index is 0.0721. The highest BCUT2D eigenvalue weighted by Crippen LogP contribution is 2.42. The number of imidazole rings is 1. The van der Waals surface area contributed by atoms with Crippen LogP contribution in [-0.2, 0) is 11.3 Å². The van der Waals surface area contributed by atoms with Crippen LogP contribution in [0.25, 0.3) is 0 Å². The third-order valence-corrected chi connectivity index (χ3v) is 6.12. The Morgan fingerprint density at radius 2 is 2.21 bits per heavy atom. The van der Waals surface area contributed by atoms with Crippen molar-refractivity contribution < 1.29 is 9.90 Å². The molecule has 1 aliphatic carbocycles. The molecular formula is C13H20N2O2S2. The number of hydrogen-bond acceptors (Lipinski definition) is 4. The first-order valence-electron chi connectivity index (χ1n) is 6.48. The van der Waals surface area contributed by atoms with Gasteiger partial charge in [0.25, 0.3) is 0 Å². The van der Waals surface area contributed by atoms with Crippen molar-refractivity contribution in [3.05, 3.63) is 11.9 Å². The van der Waals surface area contributed by atoms with E-state index in [4.69, 9.17) is 5.11 Å². The monoisotopic (exact) mass is 300 g/mol. The van der Waals surface area contributed by atoms with E-state index in [0.717, 1.165) is 17.4 Å². The largest absolute Gasteiger partial charge is 0.481 e. The van der Waals surface area contributed by atoms with Crippen molar-refractivity contribution in [1.29, 1.82) is 0 Å². The summed E-state index contributed by atoms with van der Waals surface area (Å²) in [5, 5.41) is 9.63. The predicted molar refractivity (Wildman–Crippen MR) is 80.0 cm³/mol. The van der Waals surface area contributed by atoms with Crippen molar-refractivity contribution in [2.24, 2.45) is 0 Å². The highest BCUT2D eigenvalue weighted by Gasteiger charge is 2.34. The van der Waals surface area contributed by atoms with E-state index >= 15 is 0 Å². The lowest BCUT2D eigenvalue weighted by Crippen LogP contribution is -2.27. The van der Waals surface area contributed by atoms with Crippen molar-refractivity contribution in [3.8, 4) is 0 Å². The second-order valence-corrected chi connectivity index (χ2v) is 7.26. The summed E-state index contributed by atoms with van der Waals surface area (Å²) in [4.78, 5) is 15.0. The molecule has 1 N–H and O–H groups in total. The average Bonchev–Trinajstić information content (AvgIpc) is 2.97. The zero-order valence-electron chi connectivity index (χ0n) is 11.4. The Balaban J connectivity index is 2.14. The molecule has 1 heterocycles. The van der Waals surface area contributed by atoms with E-state index in [1.165, 1.54) is 37.4 Å². The third-order valence-electron chi connectivity index (χ3n) is 3.74. The SMILES string of the molecule is CSC1(Cn2c(C)cnc2SCC(=O)O)CCCC1. The molecule has 4 nitrogen and oxygen atoms in total. The summed E-state index contributed by atoms with van der Waals surface area (Å²) in [6.07, 6.45) is 9.11. The normalized spacial score (nSPS) is 17.8. The van der Waals surface area contributed by atoms with Gasteiger partial charge >= 0.3 is 5.97 Å². The topological polar surface area (TPSA) is 55.1 Å². The summed E-state index contributed by atoms with van der Waals surface area (Å²) < 4.78 is 2.50. The number of rotatable bonds is 6. The van der Waals surface area contributed by atoms with Crippen LogP contribution in [0.1, 0.15) is 31.4 Å². The van der Waals surface area contributed by atoms with E-state index < -0.39 is 5.97 Å². The minimum Gasteiger partial charge on any atom is -0.481 e. The summed E-state index contributed by atoms with van der Waals surface area (Å²) in [7, 11) is 0. The molecule has 0 amide bonds. The van der Waals surface area contributed by atoms with Crippen LogP contribution in [0.15, 0.2) is 11.4 Å². The molecule has 0 spiro atoms. The van der Waals surface area contributed by atoms with E-state index in [1.54, 1.807) is 0 Å². The summed E-state index contributed by atoms with van der Waals surface area (Å²) >= 11 is 3.26. The van der Waals surface area contributed by atoms with E-state index in [9.17, 15) is 4.79 Å². The number of aliphatic carboxylic acids is 1. The molecule has 1 fully saturated rings. The molecule has 0 aliphatic heterocycles. The molecule has 1 aromatic heterocycles. The minimum atomic E-state index is -0.794. The molecule has 0 atom stereocenters. The van der Waals surface area contributed by atoms with Gasteiger partial charge in [-0.1, -0.05) is 24.6 Å². The van der Waals surface area contributed by atoms with Gasteiger partial charge in [0, 0.05) is 23.2 Å². The Bertz CT molecular complexity index is 453. The fourth-order valence-electron chi connectivity index (χ4n) is 2.61. The number of carboxylic acids is 1. The number of hydrogen-bond donors (Lipinski definition) is 1. The zero-order chi connectivity index (χ0) is 13.9. The van der Waals surface area contributed by atoms with Crippen molar-refractivity contribution in [3.63, 3.8) is 0 Å². The summed E-state index contributed by atoms with van der Waals surface area (Å²) in [6.45, 7) is 2.99. The maximum absolute atomic E-state index is 10.7. The first kappa shape index (κ1) is 14.8. The van der Waals surface area contributed by atoms with Crippen LogP contribution < -0.4 is 0 Å². The fourth-order valence-corrected chi connectivity index (χ4v) is 4.31. The van der Waals surface area contributed by atoms with Crippen molar-refractivity contribution in [1.82, 2.24) is 9.55 Å². The lowest BCUT2D eigenvalue weighted by molar-refractivity contribution is -0.133. The molecule has 0 aromatic carbocycles. The van der Waals surface area contributed by atoms with E-state index in [1.807, 2.05) is 24.9 Å². The lowest BCUT2D eigenvalue weighted by Gasteiger charge is -2.28. The van der Waals surface area contributed by atoms with Gasteiger partial charge in [-0.15, -0.1) is 0 Å². The number of nitrogens with zero attached hydrogens (tertiary/aromatic N) is 2. The number of carbonyl (C=O) groups is 1. The molecule has 1 saturated carbocycles. The standard InChI is InChI=1S/C13H20N2O2S2/c1-10-7-14-12(19-8-11(16)17)15(10)9-13(18-2)5-3-4-6-13/h7H,3-6,8-9H2,1-2H3,(H,16,17). The van der Waals surface area contributed by atoms with Gasteiger partial charge in [-0.3, -0.25) is 4.79 Å². The summed E-state index contributed by atoms with van der Waals surface area (Å²) in [6, 6.07) is 0. The smallest absolute Gasteiger partial charge is 0.313 e. The number of aromatic nitrogens is 2. The van der Waals surface area contributed by atoms with Gasteiger partial charge in [0.05, 0.1) is 5.75 Å². The molecule has 19 heavy (non-hydrogen) atoms. The first-order chi connectivity index (χ1) is 9.06. The van der Waals surface area contributed by atoms with Crippen LogP contribution in [0.5, 0.6) is 0 Å². The third kappa shape index (κ3) is 3.48. The quantitative estimate of drug-likeness (QED) is 0.818. The molecular weight excluding hydrogens is 280 g/mol. The van der Waals surface area contributed by atoms with Gasteiger partial charge in [0.1, 0.15) is 0 Å². The van der Waals surface area contributed by atoms with Crippen molar-refractivity contribution in [2.45, 2.75) is 49.1 Å². The lowest BCUT2D eigenvalue weighted by atomic mass is 10.1. The van der Waals surface area contributed by atoms with Crippen LogP contribution in [0.2, 0.25) is 0 Å². The van der Waals surface area contributed by atoms with Gasteiger partial charge < -0.3 is 9.67 Å². The van der Waals surface area contributed by atoms with Crippen molar-refractivity contribution in [2.75, 3.05) is 12.0 Å². The Hall–Kier alpha value is -0.620. The van der Waals surface area contributed by atoms with Crippen LogP contribution in [0.4, 0.5) is 0 Å². The van der Waals surface area contributed by atoms with Gasteiger partial charge in [-0.25, -0.2) is 4.98 Å². The predicted octanol–water partition coefficient (Wildman–Crippen LogP) is 3.04. The number of carboxylic acid groups (broad SMARTS) is 1. The molecule has 2 rings (SSSR count). The Kier molecular flexibility index (Phi) is 4.84. The molecule has 6 heteroatoms. The molecule has 0 radical (unpaired) electrons. The summed E-state index contributed by atoms with van der Waals surface area (Å²) in [5.41, 5.74) is 1.12. The second-order valence-electron chi connectivity index (χ2n) is 5.04. The first-order valence-corrected chi connectivity index (χ1v) is 8.69. The maximum atomic E-state index is 10.7.